The Bertz CT molecular complexity index is 844. The number of fused-ring (bicyclic) bond motifs is 1. The van der Waals surface area contributed by atoms with Gasteiger partial charge in [-0.3, -0.25) is 0 Å². The number of rotatable bonds is 4. The van der Waals surface area contributed by atoms with E-state index in [-0.39, 0.29) is 22.7 Å². The second-order valence-corrected chi connectivity index (χ2v) is 6.38. The smallest absolute Gasteiger partial charge is 0.363 e. The molecule has 0 aliphatic rings. The van der Waals surface area contributed by atoms with Gasteiger partial charge < -0.3 is 5.32 Å². The van der Waals surface area contributed by atoms with Crippen LogP contribution in [0.1, 0.15) is 24.2 Å². The number of hydrogen-bond donors (Lipinski definition) is 1. The second kappa shape index (κ2) is 6.31. The van der Waals surface area contributed by atoms with E-state index in [4.69, 9.17) is 0 Å². The molecule has 0 saturated heterocycles. The predicted octanol–water partition coefficient (Wildman–Crippen LogP) is 4.22. The first-order valence-electron chi connectivity index (χ1n) is 7.11. The Labute approximate surface area is 140 Å². The van der Waals surface area contributed by atoms with Crippen LogP contribution in [0.2, 0.25) is 0 Å². The molecular weight excluding hydrogens is 339 g/mol. The van der Waals surface area contributed by atoms with E-state index in [0.717, 1.165) is 17.1 Å². The van der Waals surface area contributed by atoms with Crippen LogP contribution in [0.4, 0.5) is 19.0 Å². The Morgan fingerprint density at radius 3 is 2.58 bits per heavy atom. The van der Waals surface area contributed by atoms with Crippen molar-refractivity contribution in [1.29, 1.82) is 0 Å². The van der Waals surface area contributed by atoms with Gasteiger partial charge in [-0.15, -0.1) is 0 Å². The Morgan fingerprint density at radius 2 is 1.92 bits per heavy atom. The van der Waals surface area contributed by atoms with Gasteiger partial charge in [-0.2, -0.15) is 27.8 Å². The molecule has 126 valence electrons. The van der Waals surface area contributed by atoms with Crippen molar-refractivity contribution in [2.75, 3.05) is 5.32 Å². The lowest BCUT2D eigenvalue weighted by Gasteiger charge is -2.17. The minimum atomic E-state index is -4.28. The first kappa shape index (κ1) is 16.6. The average Bonchev–Trinajstić information content (AvgIpc) is 2.94. The Hall–Kier alpha value is -2.29. The second-order valence-electron chi connectivity index (χ2n) is 5.24. The molecular formula is C15H14F3N5S. The monoisotopic (exact) mass is 353 g/mol. The lowest BCUT2D eigenvalue weighted by Crippen LogP contribution is -2.11. The molecule has 0 bridgehead atoms. The van der Waals surface area contributed by atoms with Crippen molar-refractivity contribution in [3.63, 3.8) is 0 Å². The van der Waals surface area contributed by atoms with Crippen LogP contribution in [0, 0.1) is 6.92 Å². The minimum Gasteiger partial charge on any atom is -0.363 e. The maximum absolute atomic E-state index is 12.4. The number of hydrogen-bond acceptors (Lipinski definition) is 5. The van der Waals surface area contributed by atoms with Crippen molar-refractivity contribution >= 4 is 23.4 Å². The third-order valence-electron chi connectivity index (χ3n) is 3.36. The van der Waals surface area contributed by atoms with Crippen molar-refractivity contribution in [2.24, 2.45) is 0 Å². The summed E-state index contributed by atoms with van der Waals surface area (Å²) in [7, 11) is 0. The third-order valence-corrected chi connectivity index (χ3v) is 4.10. The van der Waals surface area contributed by atoms with Crippen molar-refractivity contribution in [1.82, 2.24) is 19.6 Å². The van der Waals surface area contributed by atoms with E-state index in [9.17, 15) is 13.2 Å². The molecule has 1 N–H and O–H groups in total. The van der Waals surface area contributed by atoms with Crippen LogP contribution in [0.5, 0.6) is 0 Å². The fourth-order valence-corrected chi connectivity index (χ4v) is 2.84. The third kappa shape index (κ3) is 3.78. The summed E-state index contributed by atoms with van der Waals surface area (Å²) in [5.74, 6) is 1.21. The maximum atomic E-state index is 12.4. The summed E-state index contributed by atoms with van der Waals surface area (Å²) in [6.45, 7) is 3.78. The number of benzene rings is 1. The molecule has 3 rings (SSSR count). The molecule has 0 aliphatic heterocycles. The summed E-state index contributed by atoms with van der Waals surface area (Å²) in [5.41, 5.74) is -2.62. The van der Waals surface area contributed by atoms with Gasteiger partial charge in [0.15, 0.2) is 0 Å². The molecule has 9 heteroatoms. The molecule has 0 spiro atoms. The summed E-state index contributed by atoms with van der Waals surface area (Å²) in [5, 5.41) is 7.40. The summed E-state index contributed by atoms with van der Waals surface area (Å²) in [4.78, 5) is 8.48. The van der Waals surface area contributed by atoms with Crippen LogP contribution in [-0.4, -0.2) is 25.1 Å². The molecule has 5 nitrogen and oxygen atoms in total. The fraction of sp³-hybridized carbons (Fsp3) is 0.267. The molecule has 24 heavy (non-hydrogen) atoms. The zero-order valence-electron chi connectivity index (χ0n) is 12.9. The molecule has 0 saturated carbocycles. The zero-order chi connectivity index (χ0) is 17.3. The topological polar surface area (TPSA) is 55.1 Å². The summed E-state index contributed by atoms with van der Waals surface area (Å²) in [6.07, 6.45) is 1.42. The number of anilines is 1. The number of aryl methyl sites for hydroxylation is 1. The van der Waals surface area contributed by atoms with Gasteiger partial charge in [-0.25, -0.2) is 4.98 Å². The largest absolute Gasteiger partial charge is 0.446 e. The van der Waals surface area contributed by atoms with Crippen molar-refractivity contribution in [3.8, 4) is 0 Å². The van der Waals surface area contributed by atoms with Crippen molar-refractivity contribution in [3.05, 3.63) is 47.9 Å². The molecule has 0 amide bonds. The summed E-state index contributed by atoms with van der Waals surface area (Å²) >= 11 is -0.121. The normalized spacial score (nSPS) is 13.2. The van der Waals surface area contributed by atoms with Crippen LogP contribution in [0.15, 0.2) is 41.6 Å². The first-order valence-corrected chi connectivity index (χ1v) is 7.93. The molecule has 2 heterocycles. The quantitative estimate of drug-likeness (QED) is 0.712. The maximum Gasteiger partial charge on any atom is 0.446 e. The number of alkyl halides is 3. The number of nitrogens with one attached hydrogen (secondary N) is 1. The van der Waals surface area contributed by atoms with E-state index in [1.807, 2.05) is 19.9 Å². The number of thioether (sulfide) groups is 1. The van der Waals surface area contributed by atoms with Crippen LogP contribution in [-0.2, 0) is 0 Å². The SMILES string of the molecule is Cc1cc(N[C@H](C)c2ccc(SC(F)(F)F)cc2)n2ncnc2n1. The molecule has 2 aromatic heterocycles. The predicted molar refractivity (Wildman–Crippen MR) is 85.9 cm³/mol. The van der Waals surface area contributed by atoms with Crippen molar-refractivity contribution in [2.45, 2.75) is 30.3 Å². The minimum absolute atomic E-state index is 0.121. The van der Waals surface area contributed by atoms with Gasteiger partial charge >= 0.3 is 5.51 Å². The lowest BCUT2D eigenvalue weighted by molar-refractivity contribution is -0.0328. The van der Waals surface area contributed by atoms with Gasteiger partial charge in [-0.1, -0.05) is 12.1 Å². The van der Waals surface area contributed by atoms with Gasteiger partial charge in [0.05, 0.1) is 0 Å². The number of halogens is 3. The van der Waals surface area contributed by atoms with E-state index in [0.29, 0.717) is 5.78 Å². The Balaban J connectivity index is 1.79. The highest BCUT2D eigenvalue weighted by Crippen LogP contribution is 2.37. The van der Waals surface area contributed by atoms with Crippen LogP contribution in [0.3, 0.4) is 0 Å². The van der Waals surface area contributed by atoms with E-state index < -0.39 is 5.51 Å². The molecule has 3 aromatic rings. The highest BCUT2D eigenvalue weighted by Gasteiger charge is 2.29. The molecule has 0 fully saturated rings. The summed E-state index contributed by atoms with van der Waals surface area (Å²) < 4.78 is 38.7. The molecule has 1 atom stereocenters. The van der Waals surface area contributed by atoms with Crippen molar-refractivity contribution < 1.29 is 13.2 Å². The van der Waals surface area contributed by atoms with E-state index in [1.54, 1.807) is 16.6 Å². The van der Waals surface area contributed by atoms with Gasteiger partial charge in [0.25, 0.3) is 5.78 Å². The number of nitrogens with zero attached hydrogens (tertiary/aromatic N) is 4. The van der Waals surface area contributed by atoms with Gasteiger partial charge in [0.1, 0.15) is 12.1 Å². The molecule has 0 unspecified atom stereocenters. The van der Waals surface area contributed by atoms with Gasteiger partial charge in [-0.05, 0) is 43.3 Å². The van der Waals surface area contributed by atoms with Crippen LogP contribution in [0.25, 0.3) is 5.78 Å². The van der Waals surface area contributed by atoms with Crippen LogP contribution < -0.4 is 5.32 Å². The highest BCUT2D eigenvalue weighted by atomic mass is 32.2. The van der Waals surface area contributed by atoms with Crippen LogP contribution >= 0.6 is 11.8 Å². The molecule has 1 aromatic carbocycles. The van der Waals surface area contributed by atoms with E-state index in [1.165, 1.54) is 18.5 Å². The van der Waals surface area contributed by atoms with E-state index >= 15 is 0 Å². The van der Waals surface area contributed by atoms with Gasteiger partial charge in [0.2, 0.25) is 0 Å². The zero-order valence-corrected chi connectivity index (χ0v) is 13.7. The van der Waals surface area contributed by atoms with Gasteiger partial charge in [0, 0.05) is 22.7 Å². The standard InChI is InChI=1S/C15H14F3N5S/c1-9-7-13(23-14(21-9)19-8-20-23)22-10(2)11-3-5-12(6-4-11)24-15(16,17)18/h3-8,10,22H,1-2H3/t10-/m1/s1. The first-order chi connectivity index (χ1) is 11.3. The summed E-state index contributed by atoms with van der Waals surface area (Å²) in [6, 6.07) is 8.01. The highest BCUT2D eigenvalue weighted by molar-refractivity contribution is 8.00. The van der Waals surface area contributed by atoms with E-state index in [2.05, 4.69) is 20.4 Å². The Kier molecular flexibility index (Phi) is 4.35. The number of aromatic nitrogens is 4. The fourth-order valence-electron chi connectivity index (χ4n) is 2.30. The lowest BCUT2D eigenvalue weighted by atomic mass is 10.1. The molecule has 0 aliphatic carbocycles. The Morgan fingerprint density at radius 1 is 1.21 bits per heavy atom. The average molecular weight is 353 g/mol. The molecule has 0 radical (unpaired) electrons.